The molecule has 20 heavy (non-hydrogen) atoms. The van der Waals surface area contributed by atoms with Crippen LogP contribution in [0.25, 0.3) is 0 Å². The molecule has 1 amide bonds. The summed E-state index contributed by atoms with van der Waals surface area (Å²) in [4.78, 5) is 18.4. The zero-order valence-electron chi connectivity index (χ0n) is 11.7. The van der Waals surface area contributed by atoms with Gasteiger partial charge in [0.1, 0.15) is 0 Å². The fourth-order valence-electron chi connectivity index (χ4n) is 3.58. The lowest BCUT2D eigenvalue weighted by atomic mass is 9.79. The van der Waals surface area contributed by atoms with Crippen molar-refractivity contribution in [1.29, 1.82) is 0 Å². The van der Waals surface area contributed by atoms with E-state index in [0.717, 1.165) is 19.3 Å². The van der Waals surface area contributed by atoms with E-state index in [9.17, 15) is 9.90 Å². The number of aliphatic hydroxyl groups excluding tert-OH is 1. The molecule has 1 saturated heterocycles. The average Bonchev–Trinajstić information content (AvgIpc) is 2.87. The Hall–Kier alpha value is -1.46. The lowest BCUT2D eigenvalue weighted by molar-refractivity contribution is -0.0824. The van der Waals surface area contributed by atoms with Crippen molar-refractivity contribution < 1.29 is 14.6 Å². The fraction of sp³-hybridized carbons (Fsp3) is 0.600. The summed E-state index contributed by atoms with van der Waals surface area (Å²) in [5, 5.41) is 9.93. The van der Waals surface area contributed by atoms with Crippen molar-refractivity contribution in [2.24, 2.45) is 0 Å². The molecule has 0 aromatic carbocycles. The van der Waals surface area contributed by atoms with Gasteiger partial charge in [-0.3, -0.25) is 9.78 Å². The minimum atomic E-state index is -0.339. The molecule has 5 heteroatoms. The van der Waals surface area contributed by atoms with Crippen LogP contribution >= 0.6 is 0 Å². The van der Waals surface area contributed by atoms with Crippen LogP contribution in [-0.2, 0) is 4.74 Å². The maximum atomic E-state index is 12.6. The average molecular weight is 276 g/mol. The predicted molar refractivity (Wildman–Crippen MR) is 73.3 cm³/mol. The fourth-order valence-corrected chi connectivity index (χ4v) is 3.58. The van der Waals surface area contributed by atoms with Crippen LogP contribution in [0.4, 0.5) is 0 Å². The Kier molecular flexibility index (Phi) is 3.48. The number of aromatic nitrogens is 1. The summed E-state index contributed by atoms with van der Waals surface area (Å²) in [6.45, 7) is 0.687. The summed E-state index contributed by atoms with van der Waals surface area (Å²) < 4.78 is 5.75. The number of hydrogen-bond acceptors (Lipinski definition) is 4. The molecular weight excluding hydrogens is 256 g/mol. The molecule has 1 aliphatic heterocycles. The largest absolute Gasteiger partial charge is 0.393 e. The molecule has 108 valence electrons. The molecule has 0 spiro atoms. The molecule has 3 rings (SSSR count). The quantitative estimate of drug-likeness (QED) is 0.882. The van der Waals surface area contributed by atoms with E-state index in [1.165, 1.54) is 0 Å². The van der Waals surface area contributed by atoms with Gasteiger partial charge in [-0.15, -0.1) is 0 Å². The van der Waals surface area contributed by atoms with E-state index in [-0.39, 0.29) is 23.7 Å². The van der Waals surface area contributed by atoms with E-state index in [2.05, 4.69) is 4.98 Å². The van der Waals surface area contributed by atoms with Crippen LogP contribution in [0.5, 0.6) is 0 Å². The third kappa shape index (κ3) is 2.11. The molecule has 3 atom stereocenters. The number of rotatable bonds is 2. The Labute approximate surface area is 118 Å². The number of hydrogen-bond donors (Lipinski definition) is 1. The molecule has 5 nitrogen and oxygen atoms in total. The summed E-state index contributed by atoms with van der Waals surface area (Å²) >= 11 is 0. The number of fused-ring (bicyclic) bond motifs is 1. The van der Waals surface area contributed by atoms with Gasteiger partial charge in [-0.05, 0) is 37.8 Å². The standard InChI is InChI=1S/C15H20N2O3/c1-20-15-5-2-12(18)10-13(15)17(9-6-15)14(19)11-3-7-16-8-4-11/h3-4,7-8,12-13,18H,2,5-6,9-10H2,1H3/t12-,13-,15+/m0/s1. The van der Waals surface area contributed by atoms with E-state index in [1.54, 1.807) is 31.6 Å². The topological polar surface area (TPSA) is 62.7 Å². The third-order valence-electron chi connectivity index (χ3n) is 4.75. The molecule has 1 aromatic rings. The predicted octanol–water partition coefficient (Wildman–Crippen LogP) is 1.23. The van der Waals surface area contributed by atoms with Gasteiger partial charge in [0.2, 0.25) is 0 Å². The maximum absolute atomic E-state index is 12.6. The van der Waals surface area contributed by atoms with Gasteiger partial charge in [0.05, 0.1) is 17.7 Å². The molecule has 2 fully saturated rings. The van der Waals surface area contributed by atoms with Gasteiger partial charge in [-0.1, -0.05) is 0 Å². The highest BCUT2D eigenvalue weighted by molar-refractivity contribution is 5.94. The van der Waals surface area contributed by atoms with Gasteiger partial charge in [0.15, 0.2) is 0 Å². The summed E-state index contributed by atoms with van der Waals surface area (Å²) in [5.41, 5.74) is 0.369. The van der Waals surface area contributed by atoms with Crippen molar-refractivity contribution in [3.8, 4) is 0 Å². The second-order valence-electron chi connectivity index (χ2n) is 5.70. The number of likely N-dealkylation sites (tertiary alicyclic amines) is 1. The first-order valence-electron chi connectivity index (χ1n) is 7.10. The Bertz CT molecular complexity index is 493. The van der Waals surface area contributed by atoms with E-state index in [4.69, 9.17) is 4.74 Å². The summed E-state index contributed by atoms with van der Waals surface area (Å²) in [6.07, 6.45) is 5.93. The molecule has 2 aliphatic rings. The molecule has 2 heterocycles. The first kappa shape index (κ1) is 13.5. The van der Waals surface area contributed by atoms with Crippen molar-refractivity contribution in [2.75, 3.05) is 13.7 Å². The minimum Gasteiger partial charge on any atom is -0.393 e. The second kappa shape index (κ2) is 5.14. The zero-order chi connectivity index (χ0) is 14.2. The van der Waals surface area contributed by atoms with E-state index in [0.29, 0.717) is 18.5 Å². The molecule has 0 radical (unpaired) electrons. The van der Waals surface area contributed by atoms with Gasteiger partial charge in [0.25, 0.3) is 5.91 Å². The van der Waals surface area contributed by atoms with Crippen LogP contribution in [0.2, 0.25) is 0 Å². The van der Waals surface area contributed by atoms with E-state index < -0.39 is 0 Å². The van der Waals surface area contributed by atoms with Crippen LogP contribution in [0.15, 0.2) is 24.5 Å². The second-order valence-corrected chi connectivity index (χ2v) is 5.70. The Morgan fingerprint density at radius 1 is 1.45 bits per heavy atom. The highest BCUT2D eigenvalue weighted by atomic mass is 16.5. The van der Waals surface area contributed by atoms with Crippen LogP contribution in [0.1, 0.15) is 36.0 Å². The first-order chi connectivity index (χ1) is 9.66. The monoisotopic (exact) mass is 276 g/mol. The van der Waals surface area contributed by atoms with Gasteiger partial charge < -0.3 is 14.7 Å². The van der Waals surface area contributed by atoms with Gasteiger partial charge in [0, 0.05) is 31.6 Å². The van der Waals surface area contributed by atoms with Crippen LogP contribution in [-0.4, -0.2) is 52.3 Å². The first-order valence-corrected chi connectivity index (χ1v) is 7.10. The van der Waals surface area contributed by atoms with Gasteiger partial charge in [-0.25, -0.2) is 0 Å². The number of carbonyl (C=O) groups is 1. The maximum Gasteiger partial charge on any atom is 0.254 e. The van der Waals surface area contributed by atoms with Crippen molar-refractivity contribution >= 4 is 5.91 Å². The molecule has 0 bridgehead atoms. The SMILES string of the molecule is CO[C@@]12CC[C@H](O)C[C@@H]1N(C(=O)c1ccncc1)CC2. The molecule has 0 unspecified atom stereocenters. The van der Waals surface area contributed by atoms with Crippen molar-refractivity contribution in [1.82, 2.24) is 9.88 Å². The van der Waals surface area contributed by atoms with Gasteiger partial charge >= 0.3 is 0 Å². The number of pyridine rings is 1. The van der Waals surface area contributed by atoms with Gasteiger partial charge in [-0.2, -0.15) is 0 Å². The normalized spacial score (nSPS) is 33.0. The number of nitrogens with zero attached hydrogens (tertiary/aromatic N) is 2. The third-order valence-corrected chi connectivity index (χ3v) is 4.75. The number of amides is 1. The molecule has 1 N–H and O–H groups in total. The summed E-state index contributed by atoms with van der Waals surface area (Å²) in [5.74, 6) is 0.00502. The van der Waals surface area contributed by atoms with Crippen LogP contribution < -0.4 is 0 Å². The van der Waals surface area contributed by atoms with Crippen molar-refractivity contribution in [3.63, 3.8) is 0 Å². The lowest BCUT2D eigenvalue weighted by Crippen LogP contribution is -2.52. The molecular formula is C15H20N2O3. The van der Waals surface area contributed by atoms with E-state index in [1.807, 2.05) is 4.90 Å². The molecule has 1 aliphatic carbocycles. The number of carbonyl (C=O) groups excluding carboxylic acids is 1. The minimum absolute atomic E-state index is 0.00502. The Morgan fingerprint density at radius 2 is 2.20 bits per heavy atom. The highest BCUT2D eigenvalue weighted by Crippen LogP contribution is 2.42. The Morgan fingerprint density at radius 3 is 2.90 bits per heavy atom. The summed E-state index contributed by atoms with van der Waals surface area (Å²) in [6, 6.07) is 3.43. The molecule has 1 aromatic heterocycles. The zero-order valence-corrected chi connectivity index (χ0v) is 11.7. The number of ether oxygens (including phenoxy) is 1. The molecule has 1 saturated carbocycles. The van der Waals surface area contributed by atoms with Crippen LogP contribution in [0, 0.1) is 0 Å². The smallest absolute Gasteiger partial charge is 0.254 e. The van der Waals surface area contributed by atoms with Crippen molar-refractivity contribution in [2.45, 2.75) is 43.4 Å². The van der Waals surface area contributed by atoms with Crippen LogP contribution in [0.3, 0.4) is 0 Å². The lowest BCUT2D eigenvalue weighted by Gasteiger charge is -2.42. The highest BCUT2D eigenvalue weighted by Gasteiger charge is 2.52. The number of methoxy groups -OCH3 is 1. The summed E-state index contributed by atoms with van der Waals surface area (Å²) in [7, 11) is 1.71. The van der Waals surface area contributed by atoms with E-state index >= 15 is 0 Å². The van der Waals surface area contributed by atoms with Crippen molar-refractivity contribution in [3.05, 3.63) is 30.1 Å². The Balaban J connectivity index is 1.86. The number of aliphatic hydroxyl groups is 1.